The van der Waals surface area contributed by atoms with Crippen molar-refractivity contribution in [3.8, 4) is 5.75 Å². The standard InChI is InChI=1S/C24H31N3O3/c1-26(2)17-18-13-15-27(16-14-18)24(29)22(19-7-5-4-6-8-19)25-23(28)20-9-11-21(30-3)12-10-20/h4-12,18,22H,13-17H2,1-3H3,(H,25,28)/t22-/m1/s1. The van der Waals surface area contributed by atoms with Crippen molar-refractivity contribution in [1.29, 1.82) is 0 Å². The van der Waals surface area contributed by atoms with Crippen LogP contribution in [0.3, 0.4) is 0 Å². The molecule has 2 aromatic carbocycles. The zero-order valence-corrected chi connectivity index (χ0v) is 18.0. The van der Waals surface area contributed by atoms with Crippen molar-refractivity contribution in [3.05, 3.63) is 65.7 Å². The maximum atomic E-state index is 13.4. The highest BCUT2D eigenvalue weighted by atomic mass is 16.5. The summed E-state index contributed by atoms with van der Waals surface area (Å²) in [6, 6.07) is 15.6. The number of amides is 2. The van der Waals surface area contributed by atoms with Crippen LogP contribution in [0.25, 0.3) is 0 Å². The lowest BCUT2D eigenvalue weighted by molar-refractivity contribution is -0.134. The van der Waals surface area contributed by atoms with E-state index in [2.05, 4.69) is 24.3 Å². The molecular weight excluding hydrogens is 378 g/mol. The van der Waals surface area contributed by atoms with Crippen molar-refractivity contribution in [1.82, 2.24) is 15.1 Å². The van der Waals surface area contributed by atoms with E-state index in [1.165, 1.54) is 0 Å². The van der Waals surface area contributed by atoms with Gasteiger partial charge in [-0.05, 0) is 62.7 Å². The van der Waals surface area contributed by atoms with Gasteiger partial charge in [0.15, 0.2) is 0 Å². The van der Waals surface area contributed by atoms with Gasteiger partial charge in [-0.15, -0.1) is 0 Å². The summed E-state index contributed by atoms with van der Waals surface area (Å²) in [6.07, 6.45) is 1.97. The molecule has 0 spiro atoms. The fourth-order valence-electron chi connectivity index (χ4n) is 3.92. The van der Waals surface area contributed by atoms with Crippen LogP contribution in [-0.2, 0) is 4.79 Å². The fraction of sp³-hybridized carbons (Fsp3) is 0.417. The van der Waals surface area contributed by atoms with Gasteiger partial charge in [-0.1, -0.05) is 30.3 Å². The van der Waals surface area contributed by atoms with Crippen LogP contribution < -0.4 is 10.1 Å². The molecule has 1 aliphatic rings. The molecule has 1 atom stereocenters. The summed E-state index contributed by atoms with van der Waals surface area (Å²) in [5.74, 6) is 0.963. The Labute approximate surface area is 178 Å². The van der Waals surface area contributed by atoms with Gasteiger partial charge in [0.05, 0.1) is 7.11 Å². The first-order valence-electron chi connectivity index (χ1n) is 10.4. The second-order valence-corrected chi connectivity index (χ2v) is 8.08. The van der Waals surface area contributed by atoms with E-state index in [1.54, 1.807) is 31.4 Å². The van der Waals surface area contributed by atoms with Crippen molar-refractivity contribution in [3.63, 3.8) is 0 Å². The van der Waals surface area contributed by atoms with Gasteiger partial charge in [-0.2, -0.15) is 0 Å². The number of hydrogen-bond donors (Lipinski definition) is 1. The third-order valence-corrected chi connectivity index (χ3v) is 5.56. The van der Waals surface area contributed by atoms with E-state index in [1.807, 2.05) is 35.2 Å². The van der Waals surface area contributed by atoms with Crippen LogP contribution in [0.2, 0.25) is 0 Å². The molecule has 2 aromatic rings. The smallest absolute Gasteiger partial charge is 0.252 e. The van der Waals surface area contributed by atoms with Gasteiger partial charge >= 0.3 is 0 Å². The third-order valence-electron chi connectivity index (χ3n) is 5.56. The predicted octanol–water partition coefficient (Wildman–Crippen LogP) is 2.97. The number of nitrogens with zero attached hydrogens (tertiary/aromatic N) is 2. The van der Waals surface area contributed by atoms with Gasteiger partial charge in [0.25, 0.3) is 5.91 Å². The number of piperidine rings is 1. The highest BCUT2D eigenvalue weighted by molar-refractivity contribution is 5.98. The molecule has 1 fully saturated rings. The van der Waals surface area contributed by atoms with E-state index in [9.17, 15) is 9.59 Å². The van der Waals surface area contributed by atoms with Crippen molar-refractivity contribution in [2.45, 2.75) is 18.9 Å². The van der Waals surface area contributed by atoms with Gasteiger partial charge < -0.3 is 19.9 Å². The number of rotatable bonds is 7. The minimum atomic E-state index is -0.703. The second kappa shape index (κ2) is 10.3. The number of likely N-dealkylation sites (tertiary alicyclic amines) is 1. The molecule has 1 aliphatic heterocycles. The van der Waals surface area contributed by atoms with Crippen molar-refractivity contribution in [2.24, 2.45) is 5.92 Å². The van der Waals surface area contributed by atoms with E-state index in [4.69, 9.17) is 4.74 Å². The molecule has 0 bridgehead atoms. The Morgan fingerprint density at radius 1 is 1.07 bits per heavy atom. The lowest BCUT2D eigenvalue weighted by Gasteiger charge is -2.35. The Hall–Kier alpha value is -2.86. The number of methoxy groups -OCH3 is 1. The fourth-order valence-corrected chi connectivity index (χ4v) is 3.92. The van der Waals surface area contributed by atoms with E-state index in [-0.39, 0.29) is 11.8 Å². The van der Waals surface area contributed by atoms with Crippen LogP contribution in [0.5, 0.6) is 5.75 Å². The van der Waals surface area contributed by atoms with Crippen LogP contribution in [0.4, 0.5) is 0 Å². The van der Waals surface area contributed by atoms with E-state index >= 15 is 0 Å². The zero-order valence-electron chi connectivity index (χ0n) is 18.0. The molecule has 0 aromatic heterocycles. The monoisotopic (exact) mass is 409 g/mol. The molecule has 0 aliphatic carbocycles. The summed E-state index contributed by atoms with van der Waals surface area (Å²) in [7, 11) is 5.75. The van der Waals surface area contributed by atoms with Gasteiger partial charge in [-0.3, -0.25) is 9.59 Å². The number of hydrogen-bond acceptors (Lipinski definition) is 4. The normalized spacial score (nSPS) is 15.7. The van der Waals surface area contributed by atoms with Gasteiger partial charge in [0.1, 0.15) is 11.8 Å². The van der Waals surface area contributed by atoms with Crippen LogP contribution in [0.15, 0.2) is 54.6 Å². The highest BCUT2D eigenvalue weighted by Crippen LogP contribution is 2.23. The molecule has 160 valence electrons. The van der Waals surface area contributed by atoms with E-state index in [0.717, 1.165) is 38.0 Å². The average Bonchev–Trinajstić information content (AvgIpc) is 2.77. The Balaban J connectivity index is 1.73. The molecule has 6 heteroatoms. The first-order chi connectivity index (χ1) is 14.5. The topological polar surface area (TPSA) is 61.9 Å². The lowest BCUT2D eigenvalue weighted by atomic mass is 9.95. The Morgan fingerprint density at radius 3 is 2.27 bits per heavy atom. The largest absolute Gasteiger partial charge is 0.497 e. The van der Waals surface area contributed by atoms with Gasteiger partial charge in [0, 0.05) is 25.2 Å². The Kier molecular flexibility index (Phi) is 7.46. The van der Waals surface area contributed by atoms with Gasteiger partial charge in [-0.25, -0.2) is 0 Å². The molecule has 0 unspecified atom stereocenters. The maximum Gasteiger partial charge on any atom is 0.252 e. The minimum Gasteiger partial charge on any atom is -0.497 e. The number of carbonyl (C=O) groups is 2. The van der Waals surface area contributed by atoms with E-state index < -0.39 is 6.04 Å². The maximum absolute atomic E-state index is 13.4. The number of ether oxygens (including phenoxy) is 1. The summed E-state index contributed by atoms with van der Waals surface area (Å²) in [4.78, 5) is 30.3. The molecule has 0 radical (unpaired) electrons. The van der Waals surface area contributed by atoms with E-state index in [0.29, 0.717) is 17.2 Å². The number of benzene rings is 2. The number of carbonyl (C=O) groups excluding carboxylic acids is 2. The summed E-state index contributed by atoms with van der Waals surface area (Å²) in [5, 5.41) is 2.95. The molecule has 30 heavy (non-hydrogen) atoms. The molecule has 3 rings (SSSR count). The van der Waals surface area contributed by atoms with Crippen LogP contribution in [0, 0.1) is 5.92 Å². The second-order valence-electron chi connectivity index (χ2n) is 8.08. The van der Waals surface area contributed by atoms with Crippen LogP contribution >= 0.6 is 0 Å². The third kappa shape index (κ3) is 5.60. The molecule has 1 heterocycles. The zero-order chi connectivity index (χ0) is 21.5. The molecule has 1 saturated heterocycles. The summed E-state index contributed by atoms with van der Waals surface area (Å²) < 4.78 is 5.15. The van der Waals surface area contributed by atoms with Crippen molar-refractivity contribution < 1.29 is 14.3 Å². The van der Waals surface area contributed by atoms with Crippen LogP contribution in [-0.4, -0.2) is 62.5 Å². The Morgan fingerprint density at radius 2 is 1.70 bits per heavy atom. The van der Waals surface area contributed by atoms with Crippen molar-refractivity contribution in [2.75, 3.05) is 40.8 Å². The average molecular weight is 410 g/mol. The van der Waals surface area contributed by atoms with Crippen molar-refractivity contribution >= 4 is 11.8 Å². The Bertz CT molecular complexity index is 829. The minimum absolute atomic E-state index is 0.0497. The lowest BCUT2D eigenvalue weighted by Crippen LogP contribution is -2.47. The molecule has 2 amide bonds. The summed E-state index contributed by atoms with van der Waals surface area (Å²) in [5.41, 5.74) is 1.29. The quantitative estimate of drug-likeness (QED) is 0.764. The predicted molar refractivity (Wildman–Crippen MR) is 118 cm³/mol. The first-order valence-corrected chi connectivity index (χ1v) is 10.4. The van der Waals surface area contributed by atoms with Gasteiger partial charge in [0.2, 0.25) is 5.91 Å². The molecule has 1 N–H and O–H groups in total. The number of nitrogens with one attached hydrogen (secondary N) is 1. The first kappa shape index (κ1) is 21.8. The molecular formula is C24H31N3O3. The summed E-state index contributed by atoms with van der Waals surface area (Å²) >= 11 is 0. The summed E-state index contributed by atoms with van der Waals surface area (Å²) in [6.45, 7) is 2.48. The molecule has 6 nitrogen and oxygen atoms in total. The SMILES string of the molecule is COc1ccc(C(=O)N[C@@H](C(=O)N2CCC(CN(C)C)CC2)c2ccccc2)cc1. The van der Waals surface area contributed by atoms with Crippen LogP contribution in [0.1, 0.15) is 34.8 Å². The molecule has 0 saturated carbocycles. The highest BCUT2D eigenvalue weighted by Gasteiger charge is 2.30.